The summed E-state index contributed by atoms with van der Waals surface area (Å²) in [5.74, 6) is 1.10. The highest BCUT2D eigenvalue weighted by molar-refractivity contribution is 5.95. The molecule has 1 aromatic carbocycles. The molecule has 1 heterocycles. The van der Waals surface area contributed by atoms with Crippen LogP contribution in [-0.4, -0.2) is 17.1 Å². The first-order valence-corrected chi connectivity index (χ1v) is 6.70. The van der Waals surface area contributed by atoms with Gasteiger partial charge in [-0.25, -0.2) is 0 Å². The van der Waals surface area contributed by atoms with Gasteiger partial charge in [-0.2, -0.15) is 0 Å². The number of carbonyl (C=O) groups excluding carboxylic acids is 1. The van der Waals surface area contributed by atoms with Gasteiger partial charge >= 0.3 is 0 Å². The van der Waals surface area contributed by atoms with Crippen LogP contribution in [0.4, 0.5) is 0 Å². The molecule has 1 aliphatic rings. The van der Waals surface area contributed by atoms with Gasteiger partial charge in [-0.3, -0.25) is 4.79 Å². The van der Waals surface area contributed by atoms with Crippen LogP contribution in [0.25, 0.3) is 0 Å². The summed E-state index contributed by atoms with van der Waals surface area (Å²) in [7, 11) is 0. The number of nitrogens with one attached hydrogen (secondary N) is 1. The monoisotopic (exact) mass is 271 g/mol. The lowest BCUT2D eigenvalue weighted by atomic mass is 10.1. The van der Waals surface area contributed by atoms with Crippen LogP contribution in [0.5, 0.6) is 0 Å². The summed E-state index contributed by atoms with van der Waals surface area (Å²) in [5.41, 5.74) is 2.61. The Morgan fingerprint density at radius 3 is 2.80 bits per heavy atom. The minimum absolute atomic E-state index is 0.208. The predicted octanol–water partition coefficient (Wildman–Crippen LogP) is 2.28. The van der Waals surface area contributed by atoms with Crippen LogP contribution in [0.3, 0.4) is 0 Å². The minimum atomic E-state index is -0.579. The van der Waals surface area contributed by atoms with Crippen molar-refractivity contribution in [2.45, 2.75) is 32.4 Å². The molecule has 0 aliphatic heterocycles. The second kappa shape index (κ2) is 4.80. The highest BCUT2D eigenvalue weighted by Crippen LogP contribution is 2.31. The summed E-state index contributed by atoms with van der Waals surface area (Å²) >= 11 is 0. The van der Waals surface area contributed by atoms with Crippen LogP contribution in [0.15, 0.2) is 34.7 Å². The Kier molecular flexibility index (Phi) is 3.10. The van der Waals surface area contributed by atoms with Gasteiger partial charge < -0.3 is 14.8 Å². The molecule has 0 fully saturated rings. The first-order chi connectivity index (χ1) is 9.56. The van der Waals surface area contributed by atoms with Crippen molar-refractivity contribution in [2.24, 2.45) is 0 Å². The molecule has 2 atom stereocenters. The highest BCUT2D eigenvalue weighted by atomic mass is 16.3. The van der Waals surface area contributed by atoms with Crippen molar-refractivity contribution in [3.8, 4) is 0 Å². The Bertz CT molecular complexity index is 659. The lowest BCUT2D eigenvalue weighted by Gasteiger charge is -2.17. The quantitative estimate of drug-likeness (QED) is 0.881. The van der Waals surface area contributed by atoms with Crippen molar-refractivity contribution in [2.75, 3.05) is 0 Å². The van der Waals surface area contributed by atoms with E-state index < -0.39 is 6.10 Å². The average molecular weight is 271 g/mol. The van der Waals surface area contributed by atoms with Gasteiger partial charge in [-0.05, 0) is 31.0 Å². The van der Waals surface area contributed by atoms with E-state index in [-0.39, 0.29) is 11.9 Å². The molecule has 0 spiro atoms. The van der Waals surface area contributed by atoms with Gasteiger partial charge in [0.05, 0.1) is 17.7 Å². The van der Waals surface area contributed by atoms with Gasteiger partial charge in [0.15, 0.2) is 0 Å². The largest absolute Gasteiger partial charge is 0.466 e. The van der Waals surface area contributed by atoms with Crippen molar-refractivity contribution >= 4 is 5.91 Å². The summed E-state index contributed by atoms with van der Waals surface area (Å²) < 4.78 is 5.37. The fraction of sp³-hybridized carbons (Fsp3) is 0.312. The number of aliphatic hydroxyl groups is 1. The Morgan fingerprint density at radius 1 is 1.35 bits per heavy atom. The fourth-order valence-electron chi connectivity index (χ4n) is 2.82. The lowest BCUT2D eigenvalue weighted by molar-refractivity contribution is 0.0856. The molecular weight excluding hydrogens is 254 g/mol. The molecule has 0 radical (unpaired) electrons. The van der Waals surface area contributed by atoms with E-state index in [9.17, 15) is 9.90 Å². The van der Waals surface area contributed by atoms with Gasteiger partial charge in [0.1, 0.15) is 11.5 Å². The zero-order chi connectivity index (χ0) is 14.3. The maximum atomic E-state index is 12.3. The number of benzene rings is 1. The Labute approximate surface area is 117 Å². The van der Waals surface area contributed by atoms with Crippen molar-refractivity contribution in [3.05, 3.63) is 58.5 Å². The second-order valence-electron chi connectivity index (χ2n) is 5.25. The van der Waals surface area contributed by atoms with E-state index in [0.29, 0.717) is 23.5 Å². The number of hydrogen-bond acceptors (Lipinski definition) is 3. The maximum Gasteiger partial charge on any atom is 0.255 e. The van der Waals surface area contributed by atoms with E-state index in [2.05, 4.69) is 5.32 Å². The van der Waals surface area contributed by atoms with E-state index in [4.69, 9.17) is 4.42 Å². The summed E-state index contributed by atoms with van der Waals surface area (Å²) in [6.07, 6.45) is -0.00510. The SMILES string of the molecule is Cc1cc(C(=O)NC2c3ccccc3CC2O)c(C)o1. The van der Waals surface area contributed by atoms with Crippen LogP contribution in [0.2, 0.25) is 0 Å². The number of rotatable bonds is 2. The maximum absolute atomic E-state index is 12.3. The van der Waals surface area contributed by atoms with Crippen molar-refractivity contribution in [1.82, 2.24) is 5.32 Å². The standard InChI is InChI=1S/C16H17NO3/c1-9-7-13(10(2)20-9)16(19)17-15-12-6-4-3-5-11(12)8-14(15)18/h3-7,14-15,18H,8H2,1-2H3,(H,17,19). The van der Waals surface area contributed by atoms with E-state index in [1.807, 2.05) is 31.2 Å². The Hall–Kier alpha value is -2.07. The molecule has 1 aliphatic carbocycles. The number of carbonyl (C=O) groups is 1. The number of amides is 1. The van der Waals surface area contributed by atoms with E-state index in [1.165, 1.54) is 0 Å². The normalized spacial score (nSPS) is 20.8. The van der Waals surface area contributed by atoms with Crippen LogP contribution in [0.1, 0.15) is 39.0 Å². The summed E-state index contributed by atoms with van der Waals surface area (Å²) in [5, 5.41) is 13.0. The third-order valence-corrected chi connectivity index (χ3v) is 3.78. The Morgan fingerprint density at radius 2 is 2.10 bits per heavy atom. The number of fused-ring (bicyclic) bond motifs is 1. The second-order valence-corrected chi connectivity index (χ2v) is 5.25. The molecule has 20 heavy (non-hydrogen) atoms. The summed E-state index contributed by atoms with van der Waals surface area (Å²) in [6, 6.07) is 9.16. The minimum Gasteiger partial charge on any atom is -0.466 e. The summed E-state index contributed by atoms with van der Waals surface area (Å²) in [6.45, 7) is 3.57. The zero-order valence-corrected chi connectivity index (χ0v) is 11.5. The first-order valence-electron chi connectivity index (χ1n) is 6.70. The Balaban J connectivity index is 1.85. The number of furan rings is 1. The van der Waals surface area contributed by atoms with Crippen LogP contribution in [0, 0.1) is 13.8 Å². The van der Waals surface area contributed by atoms with Gasteiger partial charge in [0.25, 0.3) is 5.91 Å². The van der Waals surface area contributed by atoms with Crippen molar-refractivity contribution in [1.29, 1.82) is 0 Å². The number of aliphatic hydroxyl groups excluding tert-OH is 1. The van der Waals surface area contributed by atoms with E-state index >= 15 is 0 Å². The van der Waals surface area contributed by atoms with Crippen LogP contribution >= 0.6 is 0 Å². The molecule has 2 unspecified atom stereocenters. The van der Waals surface area contributed by atoms with Crippen LogP contribution < -0.4 is 5.32 Å². The number of aryl methyl sites for hydroxylation is 2. The van der Waals surface area contributed by atoms with Crippen molar-refractivity contribution in [3.63, 3.8) is 0 Å². The third kappa shape index (κ3) is 2.12. The first kappa shape index (κ1) is 12.9. The molecule has 0 bridgehead atoms. The predicted molar refractivity (Wildman–Crippen MR) is 74.5 cm³/mol. The lowest BCUT2D eigenvalue weighted by Crippen LogP contribution is -2.33. The molecule has 0 saturated heterocycles. The zero-order valence-electron chi connectivity index (χ0n) is 11.5. The molecular formula is C16H17NO3. The van der Waals surface area contributed by atoms with E-state index in [1.54, 1.807) is 13.0 Å². The molecule has 3 rings (SSSR count). The van der Waals surface area contributed by atoms with Crippen LogP contribution in [-0.2, 0) is 6.42 Å². The molecule has 0 saturated carbocycles. The molecule has 2 aromatic rings. The van der Waals surface area contributed by atoms with Gasteiger partial charge in [0, 0.05) is 6.42 Å². The molecule has 104 valence electrons. The molecule has 4 nitrogen and oxygen atoms in total. The molecule has 4 heteroatoms. The molecule has 1 aromatic heterocycles. The smallest absolute Gasteiger partial charge is 0.255 e. The third-order valence-electron chi connectivity index (χ3n) is 3.78. The molecule has 2 N–H and O–H groups in total. The fourth-order valence-corrected chi connectivity index (χ4v) is 2.82. The van der Waals surface area contributed by atoms with E-state index in [0.717, 1.165) is 11.1 Å². The molecule has 1 amide bonds. The average Bonchev–Trinajstić information content (AvgIpc) is 2.90. The van der Waals surface area contributed by atoms with Crippen molar-refractivity contribution < 1.29 is 14.3 Å². The number of hydrogen-bond donors (Lipinski definition) is 2. The topological polar surface area (TPSA) is 62.5 Å². The van der Waals surface area contributed by atoms with Gasteiger partial charge in [-0.1, -0.05) is 24.3 Å². The van der Waals surface area contributed by atoms with Gasteiger partial charge in [-0.15, -0.1) is 0 Å². The van der Waals surface area contributed by atoms with Gasteiger partial charge in [0.2, 0.25) is 0 Å². The summed E-state index contributed by atoms with van der Waals surface area (Å²) in [4.78, 5) is 12.3. The highest BCUT2D eigenvalue weighted by Gasteiger charge is 2.32.